The molecule has 3 heteroatoms. The Morgan fingerprint density at radius 3 is 2.47 bits per heavy atom. The molecule has 1 aromatic carbocycles. The molecule has 0 fully saturated rings. The average molecular weight is 237 g/mol. The topological polar surface area (TPSA) is 17.1 Å². The highest BCUT2D eigenvalue weighted by Gasteiger charge is 2.07. The molecule has 1 nitrogen and oxygen atoms in total. The van der Waals surface area contributed by atoms with Crippen LogP contribution in [0.1, 0.15) is 15.9 Å². The smallest absolute Gasteiger partial charge is 0.150 e. The van der Waals surface area contributed by atoms with Crippen LogP contribution in [0.3, 0.4) is 0 Å². The average Bonchev–Trinajstić information content (AvgIpc) is 2.13. The van der Waals surface area contributed by atoms with Crippen LogP contribution < -0.4 is 0 Å². The number of carbonyl (C=O) groups is 1. The molecule has 0 aromatic heterocycles. The molecule has 0 radical (unpaired) electrons. The molecular formula is C12H13ClOSi. The first kappa shape index (κ1) is 12.0. The molecule has 1 rings (SSSR count). The van der Waals surface area contributed by atoms with Crippen LogP contribution in [0.4, 0.5) is 0 Å². The van der Waals surface area contributed by atoms with Crippen LogP contribution in [-0.2, 0) is 0 Å². The molecule has 0 aliphatic rings. The van der Waals surface area contributed by atoms with Gasteiger partial charge in [0, 0.05) is 16.1 Å². The van der Waals surface area contributed by atoms with E-state index in [1.807, 2.05) is 0 Å². The van der Waals surface area contributed by atoms with Crippen molar-refractivity contribution in [3.63, 3.8) is 0 Å². The van der Waals surface area contributed by atoms with Crippen molar-refractivity contribution in [2.45, 2.75) is 19.6 Å². The van der Waals surface area contributed by atoms with Gasteiger partial charge in [0.1, 0.15) is 14.4 Å². The molecule has 0 saturated carbocycles. The number of benzene rings is 1. The molecular weight excluding hydrogens is 224 g/mol. The molecule has 0 unspecified atom stereocenters. The summed E-state index contributed by atoms with van der Waals surface area (Å²) in [5, 5.41) is 0.555. The third-order valence-corrected chi connectivity index (χ3v) is 2.73. The lowest BCUT2D eigenvalue weighted by Gasteiger charge is -2.03. The summed E-state index contributed by atoms with van der Waals surface area (Å²) in [5.41, 5.74) is 4.61. The first-order chi connectivity index (χ1) is 6.90. The van der Waals surface area contributed by atoms with Crippen molar-refractivity contribution in [3.05, 3.63) is 34.3 Å². The largest absolute Gasteiger partial charge is 0.298 e. The first-order valence-electron chi connectivity index (χ1n) is 4.70. The van der Waals surface area contributed by atoms with E-state index >= 15 is 0 Å². The van der Waals surface area contributed by atoms with E-state index in [0.717, 1.165) is 11.8 Å². The van der Waals surface area contributed by atoms with Gasteiger partial charge in [-0.1, -0.05) is 37.2 Å². The fourth-order valence-corrected chi connectivity index (χ4v) is 1.78. The van der Waals surface area contributed by atoms with Crippen molar-refractivity contribution in [2.24, 2.45) is 0 Å². The molecule has 0 spiro atoms. The zero-order chi connectivity index (χ0) is 11.5. The van der Waals surface area contributed by atoms with E-state index in [-0.39, 0.29) is 0 Å². The van der Waals surface area contributed by atoms with Gasteiger partial charge in [0.05, 0.1) is 0 Å². The van der Waals surface area contributed by atoms with Gasteiger partial charge in [0.25, 0.3) is 0 Å². The zero-order valence-corrected chi connectivity index (χ0v) is 10.9. The van der Waals surface area contributed by atoms with Crippen molar-refractivity contribution in [3.8, 4) is 11.5 Å². The highest BCUT2D eigenvalue weighted by molar-refractivity contribution is 6.83. The summed E-state index contributed by atoms with van der Waals surface area (Å²) in [4.78, 5) is 10.6. The second-order valence-corrected chi connectivity index (χ2v) is 9.58. The van der Waals surface area contributed by atoms with E-state index < -0.39 is 8.07 Å². The van der Waals surface area contributed by atoms with Gasteiger partial charge < -0.3 is 0 Å². The van der Waals surface area contributed by atoms with Gasteiger partial charge in [-0.25, -0.2) is 0 Å². The molecule has 15 heavy (non-hydrogen) atoms. The van der Waals surface area contributed by atoms with E-state index in [1.165, 1.54) is 0 Å². The Morgan fingerprint density at radius 2 is 1.93 bits per heavy atom. The lowest BCUT2D eigenvalue weighted by Crippen LogP contribution is -2.16. The van der Waals surface area contributed by atoms with Crippen LogP contribution in [0.5, 0.6) is 0 Å². The van der Waals surface area contributed by atoms with Gasteiger partial charge in [0.15, 0.2) is 0 Å². The van der Waals surface area contributed by atoms with E-state index in [4.69, 9.17) is 11.6 Å². The Kier molecular flexibility index (Phi) is 3.73. The predicted octanol–water partition coefficient (Wildman–Crippen LogP) is 3.38. The maximum atomic E-state index is 10.6. The summed E-state index contributed by atoms with van der Waals surface area (Å²) in [6.45, 7) is 6.52. The third kappa shape index (κ3) is 4.33. The Bertz CT molecular complexity index is 435. The molecule has 0 aliphatic heterocycles. The summed E-state index contributed by atoms with van der Waals surface area (Å²) >= 11 is 5.86. The van der Waals surface area contributed by atoms with Crippen LogP contribution in [0, 0.1) is 11.5 Å². The Hall–Kier alpha value is -1.04. The van der Waals surface area contributed by atoms with Gasteiger partial charge in [-0.05, 0) is 18.2 Å². The molecule has 0 N–H and O–H groups in total. The van der Waals surface area contributed by atoms with Crippen molar-refractivity contribution in [1.82, 2.24) is 0 Å². The highest BCUT2D eigenvalue weighted by atomic mass is 35.5. The minimum absolute atomic E-state index is 0.555. The summed E-state index contributed by atoms with van der Waals surface area (Å²) < 4.78 is 0. The predicted molar refractivity (Wildman–Crippen MR) is 67.1 cm³/mol. The highest BCUT2D eigenvalue weighted by Crippen LogP contribution is 2.13. The number of rotatable bonds is 1. The maximum absolute atomic E-state index is 10.6. The fraction of sp³-hybridized carbons (Fsp3) is 0.250. The van der Waals surface area contributed by atoms with Gasteiger partial charge in [0.2, 0.25) is 0 Å². The number of halogens is 1. The minimum atomic E-state index is -1.38. The normalized spacial score (nSPS) is 10.4. The van der Waals surface area contributed by atoms with Crippen LogP contribution >= 0.6 is 11.6 Å². The summed E-state index contributed by atoms with van der Waals surface area (Å²) in [6.07, 6.45) is 0.783. The molecule has 0 amide bonds. The summed E-state index contributed by atoms with van der Waals surface area (Å²) in [5.74, 6) is 3.07. The number of hydrogen-bond donors (Lipinski definition) is 0. The van der Waals surface area contributed by atoms with Crippen LogP contribution in [0.15, 0.2) is 18.2 Å². The van der Waals surface area contributed by atoms with Crippen molar-refractivity contribution in [1.29, 1.82) is 0 Å². The Balaban J connectivity index is 3.09. The third-order valence-electron chi connectivity index (χ3n) is 1.64. The van der Waals surface area contributed by atoms with Crippen LogP contribution in [0.25, 0.3) is 0 Å². The van der Waals surface area contributed by atoms with Crippen molar-refractivity contribution < 1.29 is 4.79 Å². The first-order valence-corrected chi connectivity index (χ1v) is 8.57. The van der Waals surface area contributed by atoms with E-state index in [2.05, 4.69) is 31.1 Å². The molecule has 0 bridgehead atoms. The van der Waals surface area contributed by atoms with E-state index in [0.29, 0.717) is 10.6 Å². The van der Waals surface area contributed by atoms with E-state index in [1.54, 1.807) is 18.2 Å². The van der Waals surface area contributed by atoms with Crippen molar-refractivity contribution >= 4 is 26.0 Å². The van der Waals surface area contributed by atoms with Gasteiger partial charge in [-0.15, -0.1) is 5.54 Å². The lowest BCUT2D eigenvalue weighted by molar-refractivity contribution is 0.112. The maximum Gasteiger partial charge on any atom is 0.150 e. The second kappa shape index (κ2) is 4.65. The van der Waals surface area contributed by atoms with E-state index in [9.17, 15) is 4.79 Å². The molecule has 1 aromatic rings. The summed E-state index contributed by atoms with van der Waals surface area (Å²) in [7, 11) is -1.38. The Morgan fingerprint density at radius 1 is 1.27 bits per heavy atom. The van der Waals surface area contributed by atoms with Gasteiger partial charge in [-0.2, -0.15) is 0 Å². The number of hydrogen-bond acceptors (Lipinski definition) is 1. The van der Waals surface area contributed by atoms with Gasteiger partial charge >= 0.3 is 0 Å². The quantitative estimate of drug-likeness (QED) is 0.415. The number of carbonyl (C=O) groups excluding carboxylic acids is 1. The Labute approximate surface area is 96.5 Å². The second-order valence-electron chi connectivity index (χ2n) is 4.39. The van der Waals surface area contributed by atoms with Crippen LogP contribution in [0.2, 0.25) is 24.7 Å². The minimum Gasteiger partial charge on any atom is -0.298 e. The molecule has 78 valence electrons. The monoisotopic (exact) mass is 236 g/mol. The zero-order valence-electron chi connectivity index (χ0n) is 9.10. The summed E-state index contributed by atoms with van der Waals surface area (Å²) in [6, 6.07) is 5.17. The molecule has 0 atom stereocenters. The number of aldehydes is 1. The van der Waals surface area contributed by atoms with Gasteiger partial charge in [-0.3, -0.25) is 4.79 Å². The molecule has 0 saturated heterocycles. The van der Waals surface area contributed by atoms with Crippen molar-refractivity contribution in [2.75, 3.05) is 0 Å². The SMILES string of the molecule is C[Si](C)(C)C#Cc1cc(Cl)cc(C=O)c1. The molecule has 0 aliphatic carbocycles. The fourth-order valence-electron chi connectivity index (χ4n) is 1.01. The standard InChI is InChI=1S/C12H13ClOSi/c1-15(2,3)5-4-10-6-11(9-14)8-12(13)7-10/h6-9H,1-3H3. The van der Waals surface area contributed by atoms with Crippen LogP contribution in [-0.4, -0.2) is 14.4 Å². The molecule has 0 heterocycles. The lowest BCUT2D eigenvalue weighted by atomic mass is 10.1.